The molecule has 0 saturated heterocycles. The van der Waals surface area contributed by atoms with E-state index in [2.05, 4.69) is 54.3 Å². The smallest absolute Gasteiger partial charge is 0.0537 e. The Morgan fingerprint density at radius 2 is 1.95 bits per heavy atom. The average Bonchev–Trinajstić information content (AvgIpc) is 2.96. The zero-order valence-electron chi connectivity index (χ0n) is 13.0. The third-order valence-corrected chi connectivity index (χ3v) is 3.96. The Bertz CT molecular complexity index is 535. The maximum atomic E-state index is 9.77. The highest BCUT2D eigenvalue weighted by Gasteiger charge is 2.25. The molecule has 0 fully saturated rings. The molecule has 1 aromatic heterocycles. The Hall–Kier alpha value is -1.58. The van der Waals surface area contributed by atoms with Gasteiger partial charge in [-0.1, -0.05) is 44.2 Å². The van der Waals surface area contributed by atoms with Crippen molar-refractivity contribution in [2.45, 2.75) is 38.8 Å². The number of aryl methyl sites for hydroxylation is 1. The molecule has 0 amide bonds. The highest BCUT2D eigenvalue weighted by atomic mass is 16.3. The number of hydrogen-bond donors (Lipinski definition) is 2. The predicted molar refractivity (Wildman–Crippen MR) is 87.3 cm³/mol. The molecule has 0 saturated carbocycles. The summed E-state index contributed by atoms with van der Waals surface area (Å²) < 4.78 is 2.22. The van der Waals surface area contributed by atoms with Crippen LogP contribution in [0.3, 0.4) is 0 Å². The fourth-order valence-electron chi connectivity index (χ4n) is 2.56. The van der Waals surface area contributed by atoms with E-state index in [9.17, 15) is 5.11 Å². The summed E-state index contributed by atoms with van der Waals surface area (Å²) in [6, 6.07) is 12.4. The predicted octanol–water partition coefficient (Wildman–Crippen LogP) is 2.94. The van der Waals surface area contributed by atoms with Crippen LogP contribution in [0.15, 0.2) is 48.8 Å². The van der Waals surface area contributed by atoms with Crippen LogP contribution >= 0.6 is 0 Å². The second-order valence-corrected chi connectivity index (χ2v) is 5.95. The Kier molecular flexibility index (Phi) is 5.59. The monoisotopic (exact) mass is 286 g/mol. The molecule has 0 radical (unpaired) electrons. The molecule has 0 bridgehead atoms. The molecular weight excluding hydrogens is 260 g/mol. The van der Waals surface area contributed by atoms with Crippen LogP contribution in [0.4, 0.5) is 0 Å². The van der Waals surface area contributed by atoms with E-state index in [1.165, 1.54) is 11.1 Å². The molecule has 1 heterocycles. The first-order valence-electron chi connectivity index (χ1n) is 7.70. The summed E-state index contributed by atoms with van der Waals surface area (Å²) in [7, 11) is 0. The number of aliphatic hydroxyl groups is 1. The third kappa shape index (κ3) is 4.19. The van der Waals surface area contributed by atoms with Gasteiger partial charge in [0.2, 0.25) is 0 Å². The van der Waals surface area contributed by atoms with Crippen molar-refractivity contribution in [1.29, 1.82) is 0 Å². The highest BCUT2D eigenvalue weighted by molar-refractivity contribution is 5.25. The number of nitrogens with one attached hydrogen (secondary N) is 1. The molecule has 0 aliphatic carbocycles. The molecule has 0 aliphatic rings. The first-order valence-corrected chi connectivity index (χ1v) is 7.70. The Balaban J connectivity index is 1.91. The van der Waals surface area contributed by atoms with Crippen LogP contribution in [0.25, 0.3) is 0 Å². The van der Waals surface area contributed by atoms with Crippen molar-refractivity contribution in [3.63, 3.8) is 0 Å². The van der Waals surface area contributed by atoms with Gasteiger partial charge in [0, 0.05) is 37.4 Å². The van der Waals surface area contributed by atoms with Crippen LogP contribution in [0.2, 0.25) is 0 Å². The molecule has 0 aliphatic heterocycles. The molecule has 2 aromatic rings. The van der Waals surface area contributed by atoms with E-state index in [0.29, 0.717) is 0 Å². The van der Waals surface area contributed by atoms with Gasteiger partial charge in [0.1, 0.15) is 0 Å². The average molecular weight is 286 g/mol. The van der Waals surface area contributed by atoms with E-state index in [1.54, 1.807) is 0 Å². The van der Waals surface area contributed by atoms with E-state index >= 15 is 0 Å². The Morgan fingerprint density at radius 1 is 1.19 bits per heavy atom. The third-order valence-electron chi connectivity index (χ3n) is 3.96. The molecular formula is C18H26N2O. The van der Waals surface area contributed by atoms with Gasteiger partial charge in [-0.2, -0.15) is 0 Å². The number of nitrogens with zero attached hydrogens (tertiary/aromatic N) is 1. The van der Waals surface area contributed by atoms with Gasteiger partial charge >= 0.3 is 0 Å². The Morgan fingerprint density at radius 3 is 2.62 bits per heavy atom. The SMILES string of the molecule is CCCn1ccc(CNCC(C)(CO)c2ccccc2)c1. The lowest BCUT2D eigenvalue weighted by molar-refractivity contribution is 0.201. The van der Waals surface area contributed by atoms with Gasteiger partial charge in [-0.25, -0.2) is 0 Å². The molecule has 3 heteroatoms. The van der Waals surface area contributed by atoms with Crippen molar-refractivity contribution in [1.82, 2.24) is 9.88 Å². The second kappa shape index (κ2) is 7.43. The van der Waals surface area contributed by atoms with E-state index in [1.807, 2.05) is 18.2 Å². The van der Waals surface area contributed by atoms with Crippen LogP contribution in [0.5, 0.6) is 0 Å². The molecule has 1 unspecified atom stereocenters. The van der Waals surface area contributed by atoms with Crippen LogP contribution < -0.4 is 5.32 Å². The quantitative estimate of drug-likeness (QED) is 0.783. The van der Waals surface area contributed by atoms with Gasteiger partial charge in [0.25, 0.3) is 0 Å². The van der Waals surface area contributed by atoms with Gasteiger partial charge in [0.05, 0.1) is 6.61 Å². The number of hydrogen-bond acceptors (Lipinski definition) is 2. The van der Waals surface area contributed by atoms with E-state index in [0.717, 1.165) is 26.1 Å². The standard InChI is InChI=1S/C18H26N2O/c1-3-10-20-11-9-16(13-20)12-19-14-18(2,15-21)17-7-5-4-6-8-17/h4-9,11,13,19,21H,3,10,12,14-15H2,1-2H3. The fourth-order valence-corrected chi connectivity index (χ4v) is 2.56. The minimum Gasteiger partial charge on any atom is -0.395 e. The maximum Gasteiger partial charge on any atom is 0.0537 e. The highest BCUT2D eigenvalue weighted by Crippen LogP contribution is 2.22. The fraction of sp³-hybridized carbons (Fsp3) is 0.444. The van der Waals surface area contributed by atoms with Crippen molar-refractivity contribution in [3.8, 4) is 0 Å². The Labute approximate surface area is 127 Å². The number of rotatable bonds is 8. The zero-order valence-corrected chi connectivity index (χ0v) is 13.0. The molecule has 1 aromatic carbocycles. The van der Waals surface area contributed by atoms with E-state index in [-0.39, 0.29) is 12.0 Å². The zero-order chi connectivity index (χ0) is 15.1. The van der Waals surface area contributed by atoms with Crippen LogP contribution in [0, 0.1) is 0 Å². The molecule has 2 rings (SSSR count). The summed E-state index contributed by atoms with van der Waals surface area (Å²) in [6.45, 7) is 7.08. The summed E-state index contributed by atoms with van der Waals surface area (Å²) in [5, 5.41) is 13.2. The summed E-state index contributed by atoms with van der Waals surface area (Å²) in [5.74, 6) is 0. The molecule has 1 atom stereocenters. The van der Waals surface area contributed by atoms with Crippen molar-refractivity contribution >= 4 is 0 Å². The van der Waals surface area contributed by atoms with Gasteiger partial charge in [-0.3, -0.25) is 0 Å². The van der Waals surface area contributed by atoms with Crippen molar-refractivity contribution < 1.29 is 5.11 Å². The van der Waals surface area contributed by atoms with Crippen LogP contribution in [0.1, 0.15) is 31.4 Å². The second-order valence-electron chi connectivity index (χ2n) is 5.95. The maximum absolute atomic E-state index is 9.77. The van der Waals surface area contributed by atoms with E-state index in [4.69, 9.17) is 0 Å². The summed E-state index contributed by atoms with van der Waals surface area (Å²) >= 11 is 0. The topological polar surface area (TPSA) is 37.2 Å². The minimum absolute atomic E-state index is 0.140. The van der Waals surface area contributed by atoms with Gasteiger partial charge in [-0.15, -0.1) is 0 Å². The summed E-state index contributed by atoms with van der Waals surface area (Å²) in [6.07, 6.45) is 5.47. The molecule has 0 spiro atoms. The van der Waals surface area contributed by atoms with Gasteiger partial charge < -0.3 is 15.0 Å². The largest absolute Gasteiger partial charge is 0.395 e. The first kappa shape index (κ1) is 15.8. The van der Waals surface area contributed by atoms with Crippen molar-refractivity contribution in [2.75, 3.05) is 13.2 Å². The minimum atomic E-state index is -0.243. The number of aromatic nitrogens is 1. The molecule has 3 nitrogen and oxygen atoms in total. The van der Waals surface area contributed by atoms with Gasteiger partial charge in [0.15, 0.2) is 0 Å². The van der Waals surface area contributed by atoms with E-state index < -0.39 is 0 Å². The molecule has 114 valence electrons. The van der Waals surface area contributed by atoms with Crippen LogP contribution in [-0.2, 0) is 18.5 Å². The lowest BCUT2D eigenvalue weighted by Crippen LogP contribution is -2.38. The van der Waals surface area contributed by atoms with Crippen molar-refractivity contribution in [2.24, 2.45) is 0 Å². The lowest BCUT2D eigenvalue weighted by Gasteiger charge is -2.28. The van der Waals surface area contributed by atoms with Crippen molar-refractivity contribution in [3.05, 3.63) is 59.9 Å². The van der Waals surface area contributed by atoms with Crippen LogP contribution in [-0.4, -0.2) is 22.8 Å². The normalized spacial score (nSPS) is 14.0. The molecule has 2 N–H and O–H groups in total. The number of aliphatic hydroxyl groups excluding tert-OH is 1. The summed E-state index contributed by atoms with van der Waals surface area (Å²) in [5.41, 5.74) is 2.22. The summed E-state index contributed by atoms with van der Waals surface area (Å²) in [4.78, 5) is 0. The lowest BCUT2D eigenvalue weighted by atomic mass is 9.83. The molecule has 21 heavy (non-hydrogen) atoms. The number of benzene rings is 1. The first-order chi connectivity index (χ1) is 10.2. The van der Waals surface area contributed by atoms with Gasteiger partial charge in [-0.05, 0) is 23.6 Å².